The molecule has 0 aliphatic carbocycles. The average Bonchev–Trinajstić information content (AvgIpc) is 3.51. The molecular weight excluding hydrogens is 486 g/mol. The zero-order chi connectivity index (χ0) is 26.6. The zero-order valence-corrected chi connectivity index (χ0v) is 20.8. The third-order valence-corrected chi connectivity index (χ3v) is 6.46. The molecule has 0 saturated carbocycles. The average molecular weight is 516 g/mol. The number of imidazole rings is 1. The molecule has 38 heavy (non-hydrogen) atoms. The highest BCUT2D eigenvalue weighted by atomic mass is 16.5. The molecule has 11 nitrogen and oxygen atoms in total. The van der Waals surface area contributed by atoms with E-state index in [1.807, 2.05) is 48.5 Å². The maximum absolute atomic E-state index is 12.1. The lowest BCUT2D eigenvalue weighted by molar-refractivity contribution is -0.134. The summed E-state index contributed by atoms with van der Waals surface area (Å²) in [5.74, 6) is 0.818. The van der Waals surface area contributed by atoms with Crippen LogP contribution in [0.3, 0.4) is 0 Å². The minimum Gasteiger partial charge on any atom is -0.489 e. The zero-order valence-electron chi connectivity index (χ0n) is 20.8. The topological polar surface area (TPSA) is 149 Å². The van der Waals surface area contributed by atoms with E-state index in [1.54, 1.807) is 10.6 Å². The van der Waals surface area contributed by atoms with E-state index in [0.717, 1.165) is 22.4 Å². The molecule has 3 heterocycles. The Kier molecular flexibility index (Phi) is 7.31. The number of anilines is 1. The number of nitrogens with one attached hydrogen (secondary N) is 2. The van der Waals surface area contributed by atoms with Crippen LogP contribution in [0.25, 0.3) is 17.2 Å². The molecule has 5 N–H and O–H groups in total. The Morgan fingerprint density at radius 1 is 1.24 bits per heavy atom. The molecule has 0 bridgehead atoms. The SMILES string of the molecule is C=Cc1ccc(OCc2ccccc2)c(CNc2ncnc3c2ncn3[C@@H]2O[C@H](C(=O)NC)[C@@H](N)[C@H]2O)c1. The number of nitrogens with two attached hydrogens (primary N) is 1. The van der Waals surface area contributed by atoms with Crippen LogP contribution in [0.4, 0.5) is 5.82 Å². The lowest BCUT2D eigenvalue weighted by atomic mass is 10.1. The van der Waals surface area contributed by atoms with Crippen LogP contribution in [-0.4, -0.2) is 55.8 Å². The van der Waals surface area contributed by atoms with E-state index in [9.17, 15) is 9.90 Å². The van der Waals surface area contributed by atoms with Gasteiger partial charge in [0.05, 0.1) is 12.4 Å². The molecule has 1 amide bonds. The minimum atomic E-state index is -1.13. The van der Waals surface area contributed by atoms with Crippen molar-refractivity contribution < 1.29 is 19.4 Å². The quantitative estimate of drug-likeness (QED) is 0.262. The summed E-state index contributed by atoms with van der Waals surface area (Å²) in [4.78, 5) is 25.3. The van der Waals surface area contributed by atoms with Crippen molar-refractivity contribution in [1.29, 1.82) is 0 Å². The third-order valence-electron chi connectivity index (χ3n) is 6.46. The Labute approximate surface area is 219 Å². The fraction of sp³-hybridized carbons (Fsp3) is 0.259. The number of amides is 1. The van der Waals surface area contributed by atoms with Crippen LogP contribution in [0.5, 0.6) is 5.75 Å². The number of rotatable bonds is 9. The van der Waals surface area contributed by atoms with Gasteiger partial charge in [-0.2, -0.15) is 0 Å². The van der Waals surface area contributed by atoms with Crippen LogP contribution in [0.1, 0.15) is 22.9 Å². The highest BCUT2D eigenvalue weighted by Gasteiger charge is 2.46. The van der Waals surface area contributed by atoms with Crippen molar-refractivity contribution in [2.24, 2.45) is 5.73 Å². The molecule has 2 aromatic heterocycles. The molecule has 4 aromatic rings. The highest BCUT2D eigenvalue weighted by molar-refractivity contribution is 5.83. The molecule has 0 radical (unpaired) electrons. The third kappa shape index (κ3) is 4.94. The second-order valence-electron chi connectivity index (χ2n) is 8.87. The molecule has 1 saturated heterocycles. The summed E-state index contributed by atoms with van der Waals surface area (Å²) < 4.78 is 13.5. The van der Waals surface area contributed by atoms with E-state index in [4.69, 9.17) is 15.2 Å². The number of fused-ring (bicyclic) bond motifs is 1. The molecule has 196 valence electrons. The van der Waals surface area contributed by atoms with Crippen LogP contribution < -0.4 is 21.1 Å². The van der Waals surface area contributed by atoms with E-state index in [1.165, 1.54) is 19.7 Å². The van der Waals surface area contributed by atoms with E-state index >= 15 is 0 Å². The Hall–Kier alpha value is -4.32. The van der Waals surface area contributed by atoms with Crippen molar-refractivity contribution in [3.8, 4) is 5.75 Å². The van der Waals surface area contributed by atoms with E-state index in [0.29, 0.717) is 30.1 Å². The number of carbonyl (C=O) groups excluding carboxylic acids is 1. The lowest BCUT2D eigenvalue weighted by Gasteiger charge is -2.17. The first-order valence-electron chi connectivity index (χ1n) is 12.1. The first kappa shape index (κ1) is 25.3. The molecule has 4 atom stereocenters. The number of likely N-dealkylation sites (N-methyl/N-ethyl adjacent to an activating group) is 1. The normalized spacial score (nSPS) is 20.8. The van der Waals surface area contributed by atoms with Crippen LogP contribution >= 0.6 is 0 Å². The minimum absolute atomic E-state index is 0.400. The number of aromatic nitrogens is 4. The number of ether oxygens (including phenoxy) is 2. The van der Waals surface area contributed by atoms with E-state index < -0.39 is 30.4 Å². The van der Waals surface area contributed by atoms with Crippen molar-refractivity contribution in [3.63, 3.8) is 0 Å². The molecule has 0 unspecified atom stereocenters. The van der Waals surface area contributed by atoms with Gasteiger partial charge in [-0.3, -0.25) is 9.36 Å². The predicted molar refractivity (Wildman–Crippen MR) is 142 cm³/mol. The van der Waals surface area contributed by atoms with E-state index in [2.05, 4.69) is 32.2 Å². The van der Waals surface area contributed by atoms with Crippen molar-refractivity contribution in [2.45, 2.75) is 37.6 Å². The van der Waals surface area contributed by atoms with Crippen LogP contribution in [0.15, 0.2) is 67.8 Å². The molecular formula is C27H29N7O4. The van der Waals surface area contributed by atoms with Gasteiger partial charge in [0.2, 0.25) is 0 Å². The summed E-state index contributed by atoms with van der Waals surface area (Å²) in [6.45, 7) is 4.70. The van der Waals surface area contributed by atoms with E-state index in [-0.39, 0.29) is 0 Å². The second kappa shape index (κ2) is 11.0. The number of aliphatic hydroxyl groups excluding tert-OH is 1. The highest BCUT2D eigenvalue weighted by Crippen LogP contribution is 2.32. The smallest absolute Gasteiger partial charge is 0.250 e. The monoisotopic (exact) mass is 515 g/mol. The summed E-state index contributed by atoms with van der Waals surface area (Å²) in [6, 6.07) is 14.9. The number of benzene rings is 2. The maximum atomic E-state index is 12.1. The molecule has 1 aliphatic heterocycles. The van der Waals surface area contributed by atoms with Crippen molar-refractivity contribution in [1.82, 2.24) is 24.8 Å². The summed E-state index contributed by atoms with van der Waals surface area (Å²) in [5.41, 5.74) is 9.89. The standard InChI is InChI=1S/C27H29N7O4/c1-3-16-9-10-19(37-13-17-7-5-4-6-8-17)18(11-16)12-30-24-21-25(32-14-31-24)34(15-33-21)27-22(35)20(28)23(38-27)26(36)29-2/h3-11,14-15,20,22-23,27,35H,1,12-13,28H2,2H3,(H,29,36)(H,30,31,32)/t20-,22+,23-,27+/m0/s1. The lowest BCUT2D eigenvalue weighted by Crippen LogP contribution is -2.46. The Bertz CT molecular complexity index is 1440. The van der Waals surface area contributed by atoms with Gasteiger partial charge < -0.3 is 30.9 Å². The molecule has 2 aromatic carbocycles. The molecule has 11 heteroatoms. The second-order valence-corrected chi connectivity index (χ2v) is 8.87. The van der Waals surface area contributed by atoms with Gasteiger partial charge in [0.25, 0.3) is 5.91 Å². The summed E-state index contributed by atoms with van der Waals surface area (Å²) in [5, 5.41) is 16.5. The van der Waals surface area contributed by atoms with Gasteiger partial charge in [-0.1, -0.05) is 49.1 Å². The number of hydrogen-bond donors (Lipinski definition) is 4. The van der Waals surface area contributed by atoms with Crippen LogP contribution in [0, 0.1) is 0 Å². The summed E-state index contributed by atoms with van der Waals surface area (Å²) >= 11 is 0. The van der Waals surface area contributed by atoms with Crippen LogP contribution in [0.2, 0.25) is 0 Å². The fourth-order valence-electron chi connectivity index (χ4n) is 4.39. The Morgan fingerprint density at radius 3 is 2.82 bits per heavy atom. The van der Waals surface area contributed by atoms with Crippen molar-refractivity contribution in [2.75, 3.05) is 12.4 Å². The van der Waals surface area contributed by atoms with Gasteiger partial charge in [-0.05, 0) is 23.3 Å². The first-order chi connectivity index (χ1) is 18.5. The number of nitrogens with zero attached hydrogens (tertiary/aromatic N) is 4. The van der Waals surface area contributed by atoms with Gasteiger partial charge in [-0.15, -0.1) is 0 Å². The van der Waals surface area contributed by atoms with Gasteiger partial charge >= 0.3 is 0 Å². The number of carbonyl (C=O) groups is 1. The van der Waals surface area contributed by atoms with Crippen molar-refractivity contribution in [3.05, 3.63) is 84.5 Å². The maximum Gasteiger partial charge on any atom is 0.250 e. The Balaban J connectivity index is 1.37. The molecule has 5 rings (SSSR count). The predicted octanol–water partition coefficient (Wildman–Crippen LogP) is 1.99. The number of hydrogen-bond acceptors (Lipinski definition) is 9. The Morgan fingerprint density at radius 2 is 2.05 bits per heavy atom. The molecule has 1 aliphatic rings. The van der Waals surface area contributed by atoms with Gasteiger partial charge in [0.15, 0.2) is 29.3 Å². The molecule has 1 fully saturated rings. The summed E-state index contributed by atoms with van der Waals surface area (Å²) in [6.07, 6.45) is 1.61. The van der Waals surface area contributed by atoms with Gasteiger partial charge in [-0.25, -0.2) is 15.0 Å². The number of aliphatic hydroxyl groups is 1. The fourth-order valence-corrected chi connectivity index (χ4v) is 4.39. The first-order valence-corrected chi connectivity index (χ1v) is 12.1. The van der Waals surface area contributed by atoms with Gasteiger partial charge in [0, 0.05) is 19.2 Å². The van der Waals surface area contributed by atoms with Crippen LogP contribution in [-0.2, 0) is 22.7 Å². The largest absolute Gasteiger partial charge is 0.489 e. The van der Waals surface area contributed by atoms with Crippen molar-refractivity contribution >= 4 is 29.0 Å². The summed E-state index contributed by atoms with van der Waals surface area (Å²) in [7, 11) is 1.48. The molecule has 0 spiro atoms. The van der Waals surface area contributed by atoms with Gasteiger partial charge in [0.1, 0.15) is 24.8 Å².